The summed E-state index contributed by atoms with van der Waals surface area (Å²) in [6.07, 6.45) is 1.84. The maximum Gasteiger partial charge on any atom is 0.248 e. The SMILES string of the molecule is O=C1CN(CCCCl)C(=O)C2(CCOCC2)N1. The Hall–Kier alpha value is -0.810. The first-order chi connectivity index (χ1) is 8.18. The summed E-state index contributed by atoms with van der Waals surface area (Å²) in [6, 6.07) is 0. The highest BCUT2D eigenvalue weighted by Gasteiger charge is 2.47. The van der Waals surface area contributed by atoms with Gasteiger partial charge in [0.2, 0.25) is 11.8 Å². The summed E-state index contributed by atoms with van der Waals surface area (Å²) in [4.78, 5) is 25.7. The zero-order valence-electron chi connectivity index (χ0n) is 9.71. The van der Waals surface area contributed by atoms with Crippen LogP contribution in [0.2, 0.25) is 0 Å². The van der Waals surface area contributed by atoms with Crippen LogP contribution in [-0.4, -0.2) is 54.4 Å². The normalized spacial score (nSPS) is 23.9. The van der Waals surface area contributed by atoms with Crippen molar-refractivity contribution in [3.8, 4) is 0 Å². The van der Waals surface area contributed by atoms with E-state index in [1.165, 1.54) is 0 Å². The van der Waals surface area contributed by atoms with Crippen LogP contribution in [0.25, 0.3) is 0 Å². The van der Waals surface area contributed by atoms with Gasteiger partial charge in [-0.3, -0.25) is 9.59 Å². The van der Waals surface area contributed by atoms with Crippen molar-refractivity contribution < 1.29 is 14.3 Å². The van der Waals surface area contributed by atoms with Crippen LogP contribution < -0.4 is 5.32 Å². The van der Waals surface area contributed by atoms with Crippen LogP contribution in [0.5, 0.6) is 0 Å². The van der Waals surface area contributed by atoms with Crippen LogP contribution in [0.1, 0.15) is 19.3 Å². The van der Waals surface area contributed by atoms with Gasteiger partial charge in [-0.2, -0.15) is 0 Å². The van der Waals surface area contributed by atoms with E-state index in [9.17, 15) is 9.59 Å². The number of carbonyl (C=O) groups is 2. The lowest BCUT2D eigenvalue weighted by Gasteiger charge is -2.43. The number of amides is 2. The Balaban J connectivity index is 2.10. The third kappa shape index (κ3) is 2.55. The van der Waals surface area contributed by atoms with Gasteiger partial charge in [0.05, 0.1) is 6.54 Å². The summed E-state index contributed by atoms with van der Waals surface area (Å²) >= 11 is 5.62. The average molecular weight is 261 g/mol. The number of halogens is 1. The van der Waals surface area contributed by atoms with Crippen LogP contribution >= 0.6 is 11.6 Å². The molecule has 0 unspecified atom stereocenters. The number of hydrogen-bond acceptors (Lipinski definition) is 3. The Labute approximate surface area is 105 Å². The molecule has 6 heteroatoms. The number of alkyl halides is 1. The molecular formula is C11H17ClN2O3. The van der Waals surface area contributed by atoms with Gasteiger partial charge in [-0.25, -0.2) is 0 Å². The highest BCUT2D eigenvalue weighted by atomic mass is 35.5. The Bertz CT molecular complexity index is 316. The smallest absolute Gasteiger partial charge is 0.248 e. The number of ether oxygens (including phenoxy) is 1. The molecule has 17 heavy (non-hydrogen) atoms. The summed E-state index contributed by atoms with van der Waals surface area (Å²) in [5.74, 6) is 0.438. The molecule has 0 aliphatic carbocycles. The molecule has 0 bridgehead atoms. The van der Waals surface area contributed by atoms with E-state index in [0.717, 1.165) is 0 Å². The zero-order valence-corrected chi connectivity index (χ0v) is 10.5. The number of piperazine rings is 1. The van der Waals surface area contributed by atoms with Crippen LogP contribution in [0.4, 0.5) is 0 Å². The molecule has 0 aromatic carbocycles. The van der Waals surface area contributed by atoms with E-state index in [1.807, 2.05) is 0 Å². The molecule has 1 spiro atoms. The van der Waals surface area contributed by atoms with Crippen molar-refractivity contribution in [1.82, 2.24) is 10.2 Å². The minimum atomic E-state index is -0.722. The van der Waals surface area contributed by atoms with Crippen LogP contribution in [0.3, 0.4) is 0 Å². The molecule has 0 radical (unpaired) electrons. The Morgan fingerprint density at radius 1 is 1.35 bits per heavy atom. The van der Waals surface area contributed by atoms with Gasteiger partial charge in [0.25, 0.3) is 0 Å². The van der Waals surface area contributed by atoms with Gasteiger partial charge in [-0.05, 0) is 6.42 Å². The molecular weight excluding hydrogens is 244 g/mol. The van der Waals surface area contributed by atoms with E-state index in [0.29, 0.717) is 44.9 Å². The molecule has 0 aromatic rings. The van der Waals surface area contributed by atoms with Gasteiger partial charge in [-0.15, -0.1) is 11.6 Å². The molecule has 5 nitrogen and oxygen atoms in total. The molecule has 2 saturated heterocycles. The zero-order chi connectivity index (χ0) is 12.3. The molecule has 0 aromatic heterocycles. The van der Waals surface area contributed by atoms with Gasteiger partial charge in [-0.1, -0.05) is 0 Å². The second kappa shape index (κ2) is 5.23. The number of rotatable bonds is 3. The van der Waals surface area contributed by atoms with Crippen molar-refractivity contribution in [3.05, 3.63) is 0 Å². The van der Waals surface area contributed by atoms with E-state index >= 15 is 0 Å². The third-order valence-corrected chi connectivity index (χ3v) is 3.59. The Morgan fingerprint density at radius 3 is 2.71 bits per heavy atom. The summed E-state index contributed by atoms with van der Waals surface area (Å²) in [6.45, 7) is 1.75. The fraction of sp³-hybridized carbons (Fsp3) is 0.818. The van der Waals surface area contributed by atoms with Gasteiger partial charge in [0, 0.05) is 38.5 Å². The number of nitrogens with one attached hydrogen (secondary N) is 1. The number of hydrogen-bond donors (Lipinski definition) is 1. The van der Waals surface area contributed by atoms with Crippen LogP contribution in [0, 0.1) is 0 Å². The second-order valence-corrected chi connectivity index (χ2v) is 4.89. The van der Waals surface area contributed by atoms with Crippen molar-refractivity contribution >= 4 is 23.4 Å². The predicted molar refractivity (Wildman–Crippen MR) is 62.8 cm³/mol. The quantitative estimate of drug-likeness (QED) is 0.734. The monoisotopic (exact) mass is 260 g/mol. The largest absolute Gasteiger partial charge is 0.381 e. The highest BCUT2D eigenvalue weighted by Crippen LogP contribution is 2.26. The molecule has 2 rings (SSSR count). The van der Waals surface area contributed by atoms with Gasteiger partial charge < -0.3 is 15.0 Å². The summed E-state index contributed by atoms with van der Waals surface area (Å²) in [7, 11) is 0. The first-order valence-electron chi connectivity index (χ1n) is 5.92. The third-order valence-electron chi connectivity index (χ3n) is 3.32. The van der Waals surface area contributed by atoms with Crippen LogP contribution in [-0.2, 0) is 14.3 Å². The van der Waals surface area contributed by atoms with Crippen molar-refractivity contribution in [2.75, 3.05) is 32.2 Å². The molecule has 0 atom stereocenters. The predicted octanol–water partition coefficient (Wildman–Crippen LogP) is 0.123. The lowest BCUT2D eigenvalue weighted by molar-refractivity contribution is -0.154. The average Bonchev–Trinajstić information content (AvgIpc) is 2.33. The molecule has 1 N–H and O–H groups in total. The van der Waals surface area contributed by atoms with Crippen molar-refractivity contribution in [2.24, 2.45) is 0 Å². The molecule has 2 aliphatic heterocycles. The first-order valence-corrected chi connectivity index (χ1v) is 6.45. The summed E-state index contributed by atoms with van der Waals surface area (Å²) < 4.78 is 5.25. The molecule has 2 amide bonds. The van der Waals surface area contributed by atoms with Crippen molar-refractivity contribution in [1.29, 1.82) is 0 Å². The van der Waals surface area contributed by atoms with E-state index in [4.69, 9.17) is 16.3 Å². The fourth-order valence-corrected chi connectivity index (χ4v) is 2.52. The molecule has 2 fully saturated rings. The maximum absolute atomic E-state index is 12.4. The molecule has 96 valence electrons. The van der Waals surface area contributed by atoms with Crippen molar-refractivity contribution in [2.45, 2.75) is 24.8 Å². The maximum atomic E-state index is 12.4. The van der Waals surface area contributed by atoms with E-state index in [1.54, 1.807) is 4.90 Å². The molecule has 2 heterocycles. The lowest BCUT2D eigenvalue weighted by Crippen LogP contribution is -2.68. The lowest BCUT2D eigenvalue weighted by atomic mass is 9.86. The fourth-order valence-electron chi connectivity index (χ4n) is 2.40. The van der Waals surface area contributed by atoms with Gasteiger partial charge >= 0.3 is 0 Å². The number of nitrogens with zero attached hydrogens (tertiary/aromatic N) is 1. The molecule has 2 aliphatic rings. The molecule has 0 saturated carbocycles. The minimum absolute atomic E-state index is 0.0190. The Kier molecular flexibility index (Phi) is 3.89. The van der Waals surface area contributed by atoms with E-state index in [2.05, 4.69) is 5.32 Å². The number of carbonyl (C=O) groups excluding carboxylic acids is 2. The highest BCUT2D eigenvalue weighted by molar-refractivity contribution is 6.17. The Morgan fingerprint density at radius 2 is 2.06 bits per heavy atom. The first kappa shape index (κ1) is 12.6. The van der Waals surface area contributed by atoms with Crippen LogP contribution in [0.15, 0.2) is 0 Å². The standard InChI is InChI=1S/C11H17ClN2O3/c12-4-1-5-14-8-9(15)13-11(10(14)16)2-6-17-7-3-11/h1-8H2,(H,13,15). The van der Waals surface area contributed by atoms with E-state index in [-0.39, 0.29) is 18.4 Å². The minimum Gasteiger partial charge on any atom is -0.381 e. The van der Waals surface area contributed by atoms with Gasteiger partial charge in [0.15, 0.2) is 0 Å². The summed E-state index contributed by atoms with van der Waals surface area (Å²) in [5.41, 5.74) is -0.722. The van der Waals surface area contributed by atoms with Crippen molar-refractivity contribution in [3.63, 3.8) is 0 Å². The summed E-state index contributed by atoms with van der Waals surface area (Å²) in [5, 5.41) is 2.84. The van der Waals surface area contributed by atoms with Gasteiger partial charge in [0.1, 0.15) is 5.54 Å². The topological polar surface area (TPSA) is 58.6 Å². The van der Waals surface area contributed by atoms with E-state index < -0.39 is 5.54 Å². The second-order valence-electron chi connectivity index (χ2n) is 4.51.